The normalized spacial score (nSPS) is 26.2. The van der Waals surface area contributed by atoms with Gasteiger partial charge in [0.2, 0.25) is 0 Å². The van der Waals surface area contributed by atoms with Crippen LogP contribution in [-0.2, 0) is 0 Å². The van der Waals surface area contributed by atoms with E-state index in [2.05, 4.69) is 38.2 Å². The average Bonchev–Trinajstić information content (AvgIpc) is 3.29. The molecule has 0 amide bonds. The van der Waals surface area contributed by atoms with Crippen molar-refractivity contribution in [2.45, 2.75) is 97.3 Å². The summed E-state index contributed by atoms with van der Waals surface area (Å²) in [4.78, 5) is 0. The maximum Gasteiger partial charge on any atom is 0.00182 e. The molecule has 2 fully saturated rings. The van der Waals surface area contributed by atoms with Crippen molar-refractivity contribution < 1.29 is 0 Å². The molecule has 0 radical (unpaired) electrons. The SMILES string of the molecule is CC(C)(C1C=C2CCCCCCCCCCC2=C1)C1C=C2CCCC2=C1. The first-order chi connectivity index (χ1) is 12.6. The monoisotopic (exact) mass is 350 g/mol. The first-order valence-corrected chi connectivity index (χ1v) is 11.5. The Morgan fingerprint density at radius 3 is 1.19 bits per heavy atom. The van der Waals surface area contributed by atoms with E-state index in [0.29, 0.717) is 17.3 Å². The Balaban J connectivity index is 1.50. The zero-order valence-electron chi connectivity index (χ0n) is 17.2. The Morgan fingerprint density at radius 2 is 0.808 bits per heavy atom. The van der Waals surface area contributed by atoms with Gasteiger partial charge in [0.05, 0.1) is 0 Å². The summed E-state index contributed by atoms with van der Waals surface area (Å²) < 4.78 is 0. The summed E-state index contributed by atoms with van der Waals surface area (Å²) in [6.45, 7) is 5.03. The Kier molecular flexibility index (Phi) is 5.58. The lowest BCUT2D eigenvalue weighted by Gasteiger charge is -2.34. The van der Waals surface area contributed by atoms with Crippen LogP contribution in [0.25, 0.3) is 0 Å². The van der Waals surface area contributed by atoms with Crippen LogP contribution in [0.2, 0.25) is 0 Å². The summed E-state index contributed by atoms with van der Waals surface area (Å²) in [7, 11) is 0. The van der Waals surface area contributed by atoms with Crippen molar-refractivity contribution in [1.29, 1.82) is 0 Å². The zero-order valence-corrected chi connectivity index (χ0v) is 17.2. The quantitative estimate of drug-likeness (QED) is 0.472. The minimum atomic E-state index is 0.311. The lowest BCUT2D eigenvalue weighted by molar-refractivity contribution is 0.251. The molecule has 4 aliphatic rings. The molecule has 4 rings (SSSR count). The van der Waals surface area contributed by atoms with Crippen LogP contribution in [0, 0.1) is 17.3 Å². The van der Waals surface area contributed by atoms with Crippen LogP contribution in [0.4, 0.5) is 0 Å². The van der Waals surface area contributed by atoms with Gasteiger partial charge in [0.15, 0.2) is 0 Å². The molecule has 0 aromatic rings. The Hall–Kier alpha value is -1.04. The summed E-state index contributed by atoms with van der Waals surface area (Å²) in [5, 5.41) is 0. The van der Waals surface area contributed by atoms with Crippen molar-refractivity contribution >= 4 is 0 Å². The number of allylic oxidation sites excluding steroid dienone is 8. The highest BCUT2D eigenvalue weighted by atomic mass is 14.4. The Bertz CT molecular complexity index is 589. The minimum Gasteiger partial charge on any atom is -0.0736 e. The van der Waals surface area contributed by atoms with Gasteiger partial charge < -0.3 is 0 Å². The van der Waals surface area contributed by atoms with Crippen molar-refractivity contribution in [1.82, 2.24) is 0 Å². The molecule has 0 atom stereocenters. The van der Waals surface area contributed by atoms with Gasteiger partial charge in [0.25, 0.3) is 0 Å². The molecule has 4 aliphatic carbocycles. The second kappa shape index (κ2) is 7.91. The maximum atomic E-state index is 2.67. The third kappa shape index (κ3) is 3.80. The fraction of sp³-hybridized carbons (Fsp3) is 0.692. The lowest BCUT2D eigenvalue weighted by atomic mass is 9.70. The molecule has 0 N–H and O–H groups in total. The first kappa shape index (κ1) is 18.3. The van der Waals surface area contributed by atoms with E-state index in [1.807, 2.05) is 0 Å². The van der Waals surface area contributed by atoms with Crippen LogP contribution in [0.5, 0.6) is 0 Å². The van der Waals surface area contributed by atoms with Gasteiger partial charge in [-0.1, -0.05) is 76.7 Å². The zero-order chi connectivity index (χ0) is 18.0. The van der Waals surface area contributed by atoms with Crippen LogP contribution >= 0.6 is 0 Å². The van der Waals surface area contributed by atoms with Crippen LogP contribution < -0.4 is 0 Å². The Morgan fingerprint density at radius 1 is 0.500 bits per heavy atom. The molecular formula is C26H38. The van der Waals surface area contributed by atoms with Gasteiger partial charge in [-0.3, -0.25) is 0 Å². The summed E-state index contributed by atoms with van der Waals surface area (Å²) in [6, 6.07) is 0. The third-order valence-electron chi connectivity index (χ3n) is 7.60. The molecule has 0 nitrogen and oxygen atoms in total. The largest absolute Gasteiger partial charge is 0.0736 e. The van der Waals surface area contributed by atoms with Gasteiger partial charge >= 0.3 is 0 Å². The van der Waals surface area contributed by atoms with Crippen molar-refractivity contribution in [2.75, 3.05) is 0 Å². The van der Waals surface area contributed by atoms with Crippen molar-refractivity contribution in [3.05, 3.63) is 46.6 Å². The summed E-state index contributed by atoms with van der Waals surface area (Å²) in [5.41, 5.74) is 7.08. The maximum absolute atomic E-state index is 2.67. The fourth-order valence-electron chi connectivity index (χ4n) is 5.61. The molecule has 0 aliphatic heterocycles. The average molecular weight is 351 g/mol. The van der Waals surface area contributed by atoms with Crippen LogP contribution in [-0.4, -0.2) is 0 Å². The molecule has 0 bridgehead atoms. The molecule has 0 heteroatoms. The molecule has 0 aromatic carbocycles. The predicted molar refractivity (Wildman–Crippen MR) is 113 cm³/mol. The summed E-state index contributed by atoms with van der Waals surface area (Å²) in [6.07, 6.45) is 28.7. The first-order valence-electron chi connectivity index (χ1n) is 11.5. The van der Waals surface area contributed by atoms with Gasteiger partial charge in [-0.25, -0.2) is 0 Å². The second-order valence-corrected chi connectivity index (χ2v) is 9.82. The van der Waals surface area contributed by atoms with Gasteiger partial charge in [-0.15, -0.1) is 0 Å². The Labute approximate surface area is 161 Å². The van der Waals surface area contributed by atoms with E-state index in [4.69, 9.17) is 0 Å². The second-order valence-electron chi connectivity index (χ2n) is 9.82. The molecule has 0 saturated heterocycles. The highest BCUT2D eigenvalue weighted by Crippen LogP contribution is 2.49. The summed E-state index contributed by atoms with van der Waals surface area (Å²) >= 11 is 0. The number of rotatable bonds is 2. The summed E-state index contributed by atoms with van der Waals surface area (Å²) in [5.74, 6) is 1.25. The van der Waals surface area contributed by atoms with Gasteiger partial charge in [0.1, 0.15) is 0 Å². The van der Waals surface area contributed by atoms with Crippen LogP contribution in [0.15, 0.2) is 46.6 Å². The van der Waals surface area contributed by atoms with E-state index in [9.17, 15) is 0 Å². The predicted octanol–water partition coefficient (Wildman–Crippen LogP) is 8.08. The highest BCUT2D eigenvalue weighted by Gasteiger charge is 2.38. The van der Waals surface area contributed by atoms with Gasteiger partial charge in [-0.05, 0) is 72.7 Å². The van der Waals surface area contributed by atoms with Gasteiger partial charge in [-0.2, -0.15) is 0 Å². The van der Waals surface area contributed by atoms with E-state index in [0.717, 1.165) is 0 Å². The number of hydrogen-bond donors (Lipinski definition) is 0. The molecule has 0 aromatic heterocycles. The fourth-order valence-corrected chi connectivity index (χ4v) is 5.61. The topological polar surface area (TPSA) is 0 Å². The van der Waals surface area contributed by atoms with E-state index in [1.165, 1.54) is 83.5 Å². The smallest absolute Gasteiger partial charge is 0.00182 e. The highest BCUT2D eigenvalue weighted by molar-refractivity contribution is 5.45. The number of hydrogen-bond acceptors (Lipinski definition) is 0. The molecular weight excluding hydrogens is 312 g/mol. The molecule has 0 heterocycles. The van der Waals surface area contributed by atoms with Crippen molar-refractivity contribution in [3.8, 4) is 0 Å². The van der Waals surface area contributed by atoms with E-state index in [-0.39, 0.29) is 0 Å². The number of fused-ring (bicyclic) bond motifs is 2. The molecule has 2 saturated carbocycles. The third-order valence-corrected chi connectivity index (χ3v) is 7.60. The van der Waals surface area contributed by atoms with Crippen LogP contribution in [0.1, 0.15) is 97.3 Å². The standard InChI is InChI=1S/C26H38/c1-26(2,25-18-22-14-11-15-23(22)19-25)24-16-20-12-9-7-5-3-4-6-8-10-13-21(20)17-24/h16-19,24-25H,3-15H2,1-2H3. The lowest BCUT2D eigenvalue weighted by Crippen LogP contribution is -2.27. The van der Waals surface area contributed by atoms with Gasteiger partial charge in [0, 0.05) is 11.8 Å². The van der Waals surface area contributed by atoms with E-state index < -0.39 is 0 Å². The van der Waals surface area contributed by atoms with Crippen molar-refractivity contribution in [2.24, 2.45) is 17.3 Å². The van der Waals surface area contributed by atoms with E-state index in [1.54, 1.807) is 22.3 Å². The minimum absolute atomic E-state index is 0.311. The van der Waals surface area contributed by atoms with Crippen molar-refractivity contribution in [3.63, 3.8) is 0 Å². The molecule has 0 spiro atoms. The molecule has 26 heavy (non-hydrogen) atoms. The molecule has 0 unspecified atom stereocenters. The molecule has 142 valence electrons. The van der Waals surface area contributed by atoms with E-state index >= 15 is 0 Å². The van der Waals surface area contributed by atoms with Crippen LogP contribution in [0.3, 0.4) is 0 Å².